The third kappa shape index (κ3) is 2.90. The number of benzene rings is 4. The van der Waals surface area contributed by atoms with Gasteiger partial charge in [0.25, 0.3) is 0 Å². The summed E-state index contributed by atoms with van der Waals surface area (Å²) in [5.41, 5.74) is 6.30. The van der Waals surface area contributed by atoms with Crippen LogP contribution in [-0.4, -0.2) is 0 Å². The van der Waals surface area contributed by atoms with Crippen LogP contribution in [0.1, 0.15) is 5.56 Å². The van der Waals surface area contributed by atoms with Crippen LogP contribution in [0.3, 0.4) is 0 Å². The first-order chi connectivity index (χ1) is 14.1. The van der Waals surface area contributed by atoms with Gasteiger partial charge >= 0.3 is 0 Å². The van der Waals surface area contributed by atoms with Gasteiger partial charge in [-0.15, -0.1) is 0 Å². The second kappa shape index (κ2) is 7.02. The fourth-order valence-corrected chi connectivity index (χ4v) is 4.48. The van der Waals surface area contributed by atoms with Gasteiger partial charge in [0.05, 0.1) is 10.8 Å². The zero-order valence-electron chi connectivity index (χ0n) is 15.8. The maximum absolute atomic E-state index is 13.5. The second-order valence-corrected chi connectivity index (χ2v) is 7.92. The zero-order chi connectivity index (χ0) is 20.0. The van der Waals surface area contributed by atoms with Gasteiger partial charge in [0.15, 0.2) is 0 Å². The third-order valence-electron chi connectivity index (χ3n) is 5.36. The minimum atomic E-state index is 0.00230. The molecule has 0 saturated carbocycles. The van der Waals surface area contributed by atoms with Crippen molar-refractivity contribution in [2.45, 2.75) is 6.92 Å². The molecule has 0 aliphatic carbocycles. The summed E-state index contributed by atoms with van der Waals surface area (Å²) in [6.45, 7) is 2.07. The normalized spacial score (nSPS) is 11.2. The zero-order valence-corrected chi connectivity index (χ0v) is 17.4. The highest BCUT2D eigenvalue weighted by atomic mass is 79.9. The molecule has 2 nitrogen and oxygen atoms in total. The Bertz CT molecular complexity index is 1430. The van der Waals surface area contributed by atoms with E-state index in [9.17, 15) is 4.79 Å². The van der Waals surface area contributed by atoms with E-state index in [-0.39, 0.29) is 5.43 Å². The summed E-state index contributed by atoms with van der Waals surface area (Å²) in [6.07, 6.45) is 0. The molecule has 0 atom stereocenters. The van der Waals surface area contributed by atoms with Crippen molar-refractivity contribution in [2.24, 2.45) is 0 Å². The van der Waals surface area contributed by atoms with E-state index in [1.54, 1.807) is 0 Å². The van der Waals surface area contributed by atoms with Crippen molar-refractivity contribution in [1.29, 1.82) is 0 Å². The molecule has 0 amide bonds. The van der Waals surface area contributed by atoms with Gasteiger partial charge < -0.3 is 4.42 Å². The number of hydrogen-bond donors (Lipinski definition) is 0. The molecule has 0 aliphatic heterocycles. The molecule has 0 radical (unpaired) electrons. The molecule has 0 unspecified atom stereocenters. The van der Waals surface area contributed by atoms with Gasteiger partial charge in [0.2, 0.25) is 5.43 Å². The Morgan fingerprint density at radius 2 is 1.45 bits per heavy atom. The standard InChI is InChI=1S/C26H17BrO2/c1-16-20(18-11-5-7-13-21(18)27)15-23-25(24(16)17-9-3-2-4-10-17)26(28)19-12-6-8-14-22(19)29-23/h2-15H,1H3. The van der Waals surface area contributed by atoms with Gasteiger partial charge in [-0.2, -0.15) is 0 Å². The van der Waals surface area contributed by atoms with E-state index in [0.29, 0.717) is 21.9 Å². The van der Waals surface area contributed by atoms with Gasteiger partial charge in [-0.3, -0.25) is 4.79 Å². The van der Waals surface area contributed by atoms with Crippen molar-refractivity contribution in [3.8, 4) is 22.3 Å². The molecule has 4 aromatic carbocycles. The van der Waals surface area contributed by atoms with E-state index in [4.69, 9.17) is 4.42 Å². The fraction of sp³-hybridized carbons (Fsp3) is 0.0385. The largest absolute Gasteiger partial charge is 0.456 e. The van der Waals surface area contributed by atoms with Crippen LogP contribution in [0.5, 0.6) is 0 Å². The number of para-hydroxylation sites is 1. The topological polar surface area (TPSA) is 30.2 Å². The number of halogens is 1. The van der Waals surface area contributed by atoms with Crippen molar-refractivity contribution >= 4 is 37.9 Å². The van der Waals surface area contributed by atoms with Crippen molar-refractivity contribution in [3.63, 3.8) is 0 Å². The predicted octanol–water partition coefficient (Wildman–Crippen LogP) is 7.35. The van der Waals surface area contributed by atoms with E-state index in [1.165, 1.54) is 0 Å². The lowest BCUT2D eigenvalue weighted by atomic mass is 9.89. The van der Waals surface area contributed by atoms with E-state index in [2.05, 4.69) is 28.9 Å². The summed E-state index contributed by atoms with van der Waals surface area (Å²) in [7, 11) is 0. The molecule has 3 heteroatoms. The van der Waals surface area contributed by atoms with E-state index in [0.717, 1.165) is 32.3 Å². The molecule has 1 heterocycles. The van der Waals surface area contributed by atoms with Gasteiger partial charge in [-0.25, -0.2) is 0 Å². The molecule has 0 N–H and O–H groups in total. The summed E-state index contributed by atoms with van der Waals surface area (Å²) in [4.78, 5) is 13.5. The lowest BCUT2D eigenvalue weighted by Gasteiger charge is -2.16. The highest BCUT2D eigenvalue weighted by molar-refractivity contribution is 9.10. The van der Waals surface area contributed by atoms with Crippen LogP contribution in [0, 0.1) is 6.92 Å². The first-order valence-corrected chi connectivity index (χ1v) is 10.2. The molecule has 140 valence electrons. The van der Waals surface area contributed by atoms with Crippen LogP contribution in [-0.2, 0) is 0 Å². The molecule has 29 heavy (non-hydrogen) atoms. The van der Waals surface area contributed by atoms with Crippen LogP contribution in [0.25, 0.3) is 44.2 Å². The smallest absolute Gasteiger partial charge is 0.201 e. The Kier molecular flexibility index (Phi) is 4.33. The highest BCUT2D eigenvalue weighted by Crippen LogP contribution is 2.40. The van der Waals surface area contributed by atoms with Crippen molar-refractivity contribution in [2.75, 3.05) is 0 Å². The lowest BCUT2D eigenvalue weighted by molar-refractivity contribution is 0.660. The lowest BCUT2D eigenvalue weighted by Crippen LogP contribution is -2.06. The summed E-state index contributed by atoms with van der Waals surface area (Å²) in [6, 6.07) is 27.6. The third-order valence-corrected chi connectivity index (χ3v) is 6.05. The van der Waals surface area contributed by atoms with Gasteiger partial charge in [-0.1, -0.05) is 76.6 Å². The Morgan fingerprint density at radius 3 is 2.24 bits per heavy atom. The minimum absolute atomic E-state index is 0.00230. The molecule has 0 fully saturated rings. The SMILES string of the molecule is Cc1c(-c2ccccc2Br)cc2oc3ccccc3c(=O)c2c1-c1ccccc1. The number of rotatable bonds is 2. The second-order valence-electron chi connectivity index (χ2n) is 7.07. The molecule has 0 saturated heterocycles. The van der Waals surface area contributed by atoms with Gasteiger partial charge in [-0.05, 0) is 53.4 Å². The van der Waals surface area contributed by atoms with Crippen LogP contribution in [0.2, 0.25) is 0 Å². The predicted molar refractivity (Wildman–Crippen MR) is 123 cm³/mol. The van der Waals surface area contributed by atoms with Crippen LogP contribution in [0.15, 0.2) is 98.6 Å². The maximum Gasteiger partial charge on any atom is 0.201 e. The van der Waals surface area contributed by atoms with E-state index < -0.39 is 0 Å². The molecular weight excluding hydrogens is 424 g/mol. The molecular formula is C26H17BrO2. The van der Waals surface area contributed by atoms with Crippen molar-refractivity contribution in [1.82, 2.24) is 0 Å². The Morgan fingerprint density at radius 1 is 0.759 bits per heavy atom. The summed E-state index contributed by atoms with van der Waals surface area (Å²) in [5.74, 6) is 0. The van der Waals surface area contributed by atoms with Crippen LogP contribution < -0.4 is 5.43 Å². The average molecular weight is 441 g/mol. The number of hydrogen-bond acceptors (Lipinski definition) is 2. The maximum atomic E-state index is 13.5. The summed E-state index contributed by atoms with van der Waals surface area (Å²) >= 11 is 3.67. The highest BCUT2D eigenvalue weighted by Gasteiger charge is 2.19. The van der Waals surface area contributed by atoms with Gasteiger partial charge in [0, 0.05) is 10.0 Å². The fourth-order valence-electron chi connectivity index (χ4n) is 3.98. The van der Waals surface area contributed by atoms with E-state index >= 15 is 0 Å². The summed E-state index contributed by atoms with van der Waals surface area (Å²) in [5, 5.41) is 1.23. The van der Waals surface area contributed by atoms with Crippen molar-refractivity contribution in [3.05, 3.63) is 105 Å². The van der Waals surface area contributed by atoms with Crippen LogP contribution in [0.4, 0.5) is 0 Å². The van der Waals surface area contributed by atoms with Gasteiger partial charge in [0.1, 0.15) is 11.2 Å². The monoisotopic (exact) mass is 440 g/mol. The Hall–Kier alpha value is -3.17. The first-order valence-electron chi connectivity index (χ1n) is 9.44. The van der Waals surface area contributed by atoms with Crippen LogP contribution >= 0.6 is 15.9 Å². The van der Waals surface area contributed by atoms with Crippen molar-refractivity contribution < 1.29 is 4.42 Å². The quantitative estimate of drug-likeness (QED) is 0.268. The molecule has 5 rings (SSSR count). The number of fused-ring (bicyclic) bond motifs is 2. The first kappa shape index (κ1) is 17.9. The average Bonchev–Trinajstić information content (AvgIpc) is 2.75. The Labute approximate surface area is 176 Å². The molecule has 1 aromatic heterocycles. The molecule has 0 spiro atoms. The minimum Gasteiger partial charge on any atom is -0.456 e. The van der Waals surface area contributed by atoms with E-state index in [1.807, 2.05) is 78.9 Å². The molecule has 0 aliphatic rings. The molecule has 5 aromatic rings. The molecule has 0 bridgehead atoms. The summed E-state index contributed by atoms with van der Waals surface area (Å²) < 4.78 is 7.24. The Balaban J connectivity index is 2.00.